The summed E-state index contributed by atoms with van der Waals surface area (Å²) >= 11 is 0. The number of nitrogens with zero attached hydrogens (tertiary/aromatic N) is 2. The molecule has 2 N–H and O–H groups in total. The third-order valence-electron chi connectivity index (χ3n) is 7.97. The molecule has 2 atom stereocenters. The van der Waals surface area contributed by atoms with Gasteiger partial charge in [-0.25, -0.2) is 23.4 Å². The highest BCUT2D eigenvalue weighted by Crippen LogP contribution is 2.42. The number of ether oxygens (including phenoxy) is 2. The fourth-order valence-electron chi connectivity index (χ4n) is 5.55. The van der Waals surface area contributed by atoms with Crippen LogP contribution < -0.4 is 10.6 Å². The van der Waals surface area contributed by atoms with Gasteiger partial charge >= 0.3 is 18.3 Å². The van der Waals surface area contributed by atoms with E-state index in [9.17, 15) is 27.2 Å². The van der Waals surface area contributed by atoms with Crippen LogP contribution in [0.3, 0.4) is 0 Å². The molecule has 1 aromatic heterocycles. The Hall–Kier alpha value is -3.94. The van der Waals surface area contributed by atoms with E-state index < -0.39 is 54.3 Å². The minimum absolute atomic E-state index is 0.0494. The van der Waals surface area contributed by atoms with Gasteiger partial charge in [-0.2, -0.15) is 13.2 Å². The lowest BCUT2D eigenvalue weighted by Gasteiger charge is -2.34. The van der Waals surface area contributed by atoms with Crippen molar-refractivity contribution in [1.29, 1.82) is 0 Å². The zero-order valence-corrected chi connectivity index (χ0v) is 23.3. The smallest absolute Gasteiger partial charge is 0.410 e. The van der Waals surface area contributed by atoms with Crippen LogP contribution in [0.25, 0.3) is 11.1 Å². The van der Waals surface area contributed by atoms with Crippen molar-refractivity contribution in [3.63, 3.8) is 0 Å². The summed E-state index contributed by atoms with van der Waals surface area (Å²) in [5.74, 6) is -0.796. The van der Waals surface area contributed by atoms with Crippen LogP contribution in [0, 0.1) is 5.82 Å². The zero-order valence-electron chi connectivity index (χ0n) is 23.3. The zero-order chi connectivity index (χ0) is 30.8. The van der Waals surface area contributed by atoms with E-state index in [1.165, 1.54) is 13.2 Å². The van der Waals surface area contributed by atoms with E-state index >= 15 is 4.39 Å². The number of fused-ring (bicyclic) bond motifs is 1. The number of nitrogens with one attached hydrogen (secondary N) is 2. The van der Waals surface area contributed by atoms with Gasteiger partial charge in [-0.1, -0.05) is 30.3 Å². The van der Waals surface area contributed by atoms with E-state index in [4.69, 9.17) is 13.9 Å². The number of carbonyl (C=O) groups excluding carboxylic acids is 2. The van der Waals surface area contributed by atoms with Crippen molar-refractivity contribution >= 4 is 23.2 Å². The molecule has 3 aromatic rings. The van der Waals surface area contributed by atoms with E-state index in [1.807, 2.05) is 35.6 Å². The lowest BCUT2D eigenvalue weighted by atomic mass is 9.74. The first-order chi connectivity index (χ1) is 20.5. The minimum atomic E-state index is -4.66. The van der Waals surface area contributed by atoms with Gasteiger partial charge in [0, 0.05) is 13.7 Å². The van der Waals surface area contributed by atoms with E-state index in [-0.39, 0.29) is 68.0 Å². The number of halogens is 5. The Morgan fingerprint density at radius 2 is 1.95 bits per heavy atom. The number of aromatic nitrogens is 1. The maximum Gasteiger partial charge on any atom is 0.410 e. The first kappa shape index (κ1) is 30.5. The molecule has 3 amide bonds. The maximum absolute atomic E-state index is 15.4. The van der Waals surface area contributed by atoms with Crippen LogP contribution in [0.4, 0.5) is 31.5 Å². The number of benzene rings is 2. The molecule has 2 fully saturated rings. The first-order valence-electron chi connectivity index (χ1n) is 13.8. The molecule has 0 bridgehead atoms. The van der Waals surface area contributed by atoms with Gasteiger partial charge in [0.1, 0.15) is 24.3 Å². The number of rotatable bonds is 9. The van der Waals surface area contributed by atoms with Crippen LogP contribution in [-0.4, -0.2) is 67.3 Å². The molecule has 0 radical (unpaired) electrons. The molecule has 9 nitrogen and oxygen atoms in total. The van der Waals surface area contributed by atoms with Crippen molar-refractivity contribution in [2.75, 3.05) is 26.9 Å². The number of urea groups is 1. The molecule has 43 heavy (non-hydrogen) atoms. The average molecular weight is 611 g/mol. The number of amides is 3. The predicted octanol–water partition coefficient (Wildman–Crippen LogP) is 5.69. The molecule has 2 heterocycles. The van der Waals surface area contributed by atoms with E-state index in [0.29, 0.717) is 0 Å². The molecule has 0 unspecified atom stereocenters. The Morgan fingerprint density at radius 1 is 1.23 bits per heavy atom. The molecule has 1 aliphatic heterocycles. The average Bonchev–Trinajstić information content (AvgIpc) is 3.60. The Balaban J connectivity index is 1.39. The van der Waals surface area contributed by atoms with Crippen molar-refractivity contribution in [3.05, 3.63) is 65.3 Å². The van der Waals surface area contributed by atoms with Gasteiger partial charge in [0.05, 0.1) is 24.6 Å². The number of carbonyl (C=O) groups is 2. The summed E-state index contributed by atoms with van der Waals surface area (Å²) in [5.41, 5.74) is -0.177. The van der Waals surface area contributed by atoms with Crippen LogP contribution in [0.5, 0.6) is 0 Å². The standard InChI is InChI=1S/C29H31F5N4O5/c1-41-15-22(38-14-23(29(32,33)34)37-26(38)39)18-11-20(31)24-21(12-18)36-25(43-24)28(9-7-19(30)8-10-28)16-42-27(40)35-13-17-5-3-2-4-6-17/h2-6,11-12,19,22-23H,7-10,13-16H2,1H3,(H,35,40)(H,37,39)/t19?,22-,23+,28?/m1/s1. The summed E-state index contributed by atoms with van der Waals surface area (Å²) in [6.07, 6.45) is -5.66. The molecule has 5 rings (SSSR count). The Kier molecular flexibility index (Phi) is 8.76. The van der Waals surface area contributed by atoms with E-state index in [1.54, 1.807) is 0 Å². The number of hydrogen-bond donors (Lipinski definition) is 2. The molecule has 0 spiro atoms. The van der Waals surface area contributed by atoms with Crippen LogP contribution in [-0.2, 0) is 21.4 Å². The fourth-order valence-corrected chi connectivity index (χ4v) is 5.55. The van der Waals surface area contributed by atoms with Crippen molar-refractivity contribution in [3.8, 4) is 0 Å². The summed E-state index contributed by atoms with van der Waals surface area (Å²) in [6.45, 7) is -0.850. The number of alkyl halides is 4. The van der Waals surface area contributed by atoms with Gasteiger partial charge in [-0.3, -0.25) is 0 Å². The van der Waals surface area contributed by atoms with Crippen LogP contribution in [0.2, 0.25) is 0 Å². The molecular weight excluding hydrogens is 579 g/mol. The summed E-state index contributed by atoms with van der Waals surface area (Å²) in [7, 11) is 1.31. The van der Waals surface area contributed by atoms with Crippen LogP contribution in [0.15, 0.2) is 46.9 Å². The monoisotopic (exact) mass is 610 g/mol. The van der Waals surface area contributed by atoms with Crippen molar-refractivity contribution < 1.29 is 45.4 Å². The van der Waals surface area contributed by atoms with Gasteiger partial charge in [-0.05, 0) is 48.9 Å². The number of hydrogen-bond acceptors (Lipinski definition) is 6. The highest BCUT2D eigenvalue weighted by molar-refractivity contribution is 5.79. The molecule has 14 heteroatoms. The second-order valence-electron chi connectivity index (χ2n) is 10.9. The number of methoxy groups -OCH3 is 1. The van der Waals surface area contributed by atoms with Gasteiger partial charge < -0.3 is 29.4 Å². The van der Waals surface area contributed by atoms with E-state index in [2.05, 4.69) is 10.3 Å². The van der Waals surface area contributed by atoms with Gasteiger partial charge in [-0.15, -0.1) is 0 Å². The van der Waals surface area contributed by atoms with Crippen LogP contribution >= 0.6 is 0 Å². The van der Waals surface area contributed by atoms with E-state index in [0.717, 1.165) is 16.5 Å². The molecule has 232 valence electrons. The predicted molar refractivity (Wildman–Crippen MR) is 143 cm³/mol. The maximum atomic E-state index is 15.4. The Morgan fingerprint density at radius 3 is 2.60 bits per heavy atom. The largest absolute Gasteiger partial charge is 0.448 e. The van der Waals surface area contributed by atoms with Gasteiger partial charge in [0.15, 0.2) is 11.4 Å². The highest BCUT2D eigenvalue weighted by atomic mass is 19.4. The van der Waals surface area contributed by atoms with Crippen molar-refractivity contribution in [2.45, 2.75) is 62.1 Å². The lowest BCUT2D eigenvalue weighted by molar-refractivity contribution is -0.150. The molecule has 2 aromatic carbocycles. The SMILES string of the molecule is COC[C@H](c1cc(F)c2oc(C3(COC(=O)NCc4ccccc4)CCC(F)CC3)nc2c1)N1C[C@@H](C(F)(F)F)NC1=O. The second-order valence-corrected chi connectivity index (χ2v) is 10.9. The Bertz CT molecular complexity index is 1440. The van der Waals surface area contributed by atoms with Crippen molar-refractivity contribution in [2.24, 2.45) is 0 Å². The molecule has 1 saturated carbocycles. The second kappa shape index (κ2) is 12.3. The topological polar surface area (TPSA) is 106 Å². The lowest BCUT2D eigenvalue weighted by Crippen LogP contribution is -2.40. The van der Waals surface area contributed by atoms with Crippen molar-refractivity contribution in [1.82, 2.24) is 20.5 Å². The third-order valence-corrected chi connectivity index (χ3v) is 7.97. The normalized spacial score (nSPS) is 23.3. The molecular formula is C29H31F5N4O5. The summed E-state index contributed by atoms with van der Waals surface area (Å²) in [6, 6.07) is 7.59. The molecule has 1 saturated heterocycles. The molecule has 1 aliphatic carbocycles. The molecule has 2 aliphatic rings. The quantitative estimate of drug-likeness (QED) is 0.302. The number of alkyl carbamates (subject to hydrolysis) is 1. The minimum Gasteiger partial charge on any atom is -0.448 e. The first-order valence-corrected chi connectivity index (χ1v) is 13.8. The summed E-state index contributed by atoms with van der Waals surface area (Å²) in [4.78, 5) is 30.4. The third kappa shape index (κ3) is 6.68. The van der Waals surface area contributed by atoms with Gasteiger partial charge in [0.2, 0.25) is 5.89 Å². The number of oxazole rings is 1. The fraction of sp³-hybridized carbons (Fsp3) is 0.483. The summed E-state index contributed by atoms with van der Waals surface area (Å²) < 4.78 is 86.0. The van der Waals surface area contributed by atoms with Gasteiger partial charge in [0.25, 0.3) is 0 Å². The van der Waals surface area contributed by atoms with Crippen LogP contribution in [0.1, 0.15) is 48.7 Å². The summed E-state index contributed by atoms with van der Waals surface area (Å²) in [5, 5.41) is 4.56. The highest BCUT2D eigenvalue weighted by Gasteiger charge is 2.49. The Labute approximate surface area is 243 Å².